The average Bonchev–Trinajstić information content (AvgIpc) is 3.56. The third-order valence-electron chi connectivity index (χ3n) is 6.06. The molecule has 0 bridgehead atoms. The van der Waals surface area contributed by atoms with Crippen molar-refractivity contribution in [1.29, 1.82) is 10.5 Å². The number of rotatable bonds is 4. The molecule has 35 heavy (non-hydrogen) atoms. The molecular weight excluding hydrogens is 462 g/mol. The molecule has 0 N–H and O–H groups in total. The molecule has 9 nitrogen and oxygen atoms in total. The maximum absolute atomic E-state index is 12.0. The number of fused-ring (bicyclic) bond motifs is 1. The van der Waals surface area contributed by atoms with Crippen molar-refractivity contribution in [3.05, 3.63) is 66.2 Å². The summed E-state index contributed by atoms with van der Waals surface area (Å²) in [5, 5.41) is 28.1. The summed E-state index contributed by atoms with van der Waals surface area (Å²) in [6.07, 6.45) is 8.67. The van der Waals surface area contributed by atoms with Crippen LogP contribution in [0, 0.1) is 22.7 Å². The number of amides is 1. The zero-order valence-electron chi connectivity index (χ0n) is 19.0. The molecule has 1 saturated heterocycles. The Balaban J connectivity index is 1.51. The highest BCUT2D eigenvalue weighted by Crippen LogP contribution is 2.37. The van der Waals surface area contributed by atoms with Gasteiger partial charge in [-0.05, 0) is 31.0 Å². The highest BCUT2D eigenvalue weighted by molar-refractivity contribution is 7.99. The van der Waals surface area contributed by atoms with Crippen molar-refractivity contribution in [3.8, 4) is 23.3 Å². The summed E-state index contributed by atoms with van der Waals surface area (Å²) in [6, 6.07) is 13.9. The average molecular weight is 484 g/mol. The van der Waals surface area contributed by atoms with E-state index >= 15 is 0 Å². The summed E-state index contributed by atoms with van der Waals surface area (Å²) in [5.74, 6) is 0. The van der Waals surface area contributed by atoms with Crippen LogP contribution < -0.4 is 0 Å². The van der Waals surface area contributed by atoms with Gasteiger partial charge in [0.15, 0.2) is 0 Å². The second kappa shape index (κ2) is 9.53. The number of piperidine rings is 1. The van der Waals surface area contributed by atoms with Crippen molar-refractivity contribution in [3.63, 3.8) is 0 Å². The number of carbonyl (C=O) groups excluding carboxylic acids is 1. The molecule has 1 atom stereocenters. The van der Waals surface area contributed by atoms with Crippen LogP contribution in [0.25, 0.3) is 16.6 Å². The Morgan fingerprint density at radius 2 is 1.91 bits per heavy atom. The SMILES string of the molecule is COC(=O)N1CCC[C@H](n2cc(-c3cc(Sc4ccccc4C#N)c4c(C#N)cnn4c3)cn2)C1. The van der Waals surface area contributed by atoms with Gasteiger partial charge in [-0.1, -0.05) is 23.9 Å². The smallest absolute Gasteiger partial charge is 0.409 e. The lowest BCUT2D eigenvalue weighted by molar-refractivity contribution is 0.102. The Morgan fingerprint density at radius 3 is 2.71 bits per heavy atom. The number of nitriles is 2. The number of nitrogens with zero attached hydrogens (tertiary/aromatic N) is 7. The summed E-state index contributed by atoms with van der Waals surface area (Å²) >= 11 is 1.43. The van der Waals surface area contributed by atoms with Gasteiger partial charge in [0, 0.05) is 46.4 Å². The Bertz CT molecular complexity index is 1490. The van der Waals surface area contributed by atoms with Gasteiger partial charge < -0.3 is 9.64 Å². The van der Waals surface area contributed by atoms with Crippen LogP contribution >= 0.6 is 11.8 Å². The number of methoxy groups -OCH3 is 1. The lowest BCUT2D eigenvalue weighted by Crippen LogP contribution is -2.40. The summed E-state index contributed by atoms with van der Waals surface area (Å²) < 4.78 is 8.48. The van der Waals surface area contributed by atoms with E-state index in [0.29, 0.717) is 29.7 Å². The number of hydrogen-bond acceptors (Lipinski definition) is 7. The van der Waals surface area contributed by atoms with E-state index in [1.807, 2.05) is 41.3 Å². The first kappa shape index (κ1) is 22.5. The molecule has 1 aromatic carbocycles. The lowest BCUT2D eigenvalue weighted by atomic mass is 10.1. The molecule has 0 saturated carbocycles. The number of hydrogen-bond donors (Lipinski definition) is 0. The van der Waals surface area contributed by atoms with Gasteiger partial charge in [0.05, 0.1) is 42.2 Å². The Morgan fingerprint density at radius 1 is 1.09 bits per heavy atom. The first-order valence-electron chi connectivity index (χ1n) is 11.1. The molecule has 4 aromatic rings. The third kappa shape index (κ3) is 4.32. The zero-order valence-corrected chi connectivity index (χ0v) is 19.8. The predicted molar refractivity (Wildman–Crippen MR) is 129 cm³/mol. The van der Waals surface area contributed by atoms with Crippen LogP contribution in [-0.4, -0.2) is 50.6 Å². The molecule has 0 radical (unpaired) electrons. The highest BCUT2D eigenvalue weighted by Gasteiger charge is 2.26. The van der Waals surface area contributed by atoms with Gasteiger partial charge in [-0.25, -0.2) is 9.31 Å². The molecule has 5 rings (SSSR count). The monoisotopic (exact) mass is 483 g/mol. The number of ether oxygens (including phenoxy) is 1. The van der Waals surface area contributed by atoms with Gasteiger partial charge in [-0.15, -0.1) is 0 Å². The first-order valence-corrected chi connectivity index (χ1v) is 11.9. The predicted octanol–water partition coefficient (Wildman–Crippen LogP) is 4.50. The topological polar surface area (TPSA) is 112 Å². The van der Waals surface area contributed by atoms with E-state index in [-0.39, 0.29) is 12.1 Å². The largest absolute Gasteiger partial charge is 0.453 e. The van der Waals surface area contributed by atoms with Crippen LogP contribution in [-0.2, 0) is 4.74 Å². The molecule has 1 amide bonds. The zero-order chi connectivity index (χ0) is 24.4. The number of benzene rings is 1. The maximum atomic E-state index is 12.0. The van der Waals surface area contributed by atoms with E-state index in [1.165, 1.54) is 18.9 Å². The van der Waals surface area contributed by atoms with Gasteiger partial charge in [-0.2, -0.15) is 20.7 Å². The molecular formula is C25H21N7O2S. The van der Waals surface area contributed by atoms with E-state index in [4.69, 9.17) is 4.74 Å². The van der Waals surface area contributed by atoms with Gasteiger partial charge in [0.25, 0.3) is 0 Å². The van der Waals surface area contributed by atoms with Gasteiger partial charge in [0.2, 0.25) is 0 Å². The van der Waals surface area contributed by atoms with Crippen LogP contribution in [0.3, 0.4) is 0 Å². The standard InChI is InChI=1S/C25H21N7O2S/c1-34-25(33)30-8-4-6-21(16-30)31-15-20(13-28-31)18-9-23(24-19(11-27)12-29-32(24)14-18)35-22-7-3-2-5-17(22)10-26/h2-3,5,7,9,12-15,21H,4,6,8,16H2,1H3/t21-/m0/s1. The van der Waals surface area contributed by atoms with E-state index in [1.54, 1.807) is 27.9 Å². The summed E-state index contributed by atoms with van der Waals surface area (Å²) in [5.41, 5.74) is 3.51. The fourth-order valence-electron chi connectivity index (χ4n) is 4.32. The van der Waals surface area contributed by atoms with E-state index in [2.05, 4.69) is 22.3 Å². The fraction of sp³-hybridized carbons (Fsp3) is 0.240. The molecule has 0 aliphatic carbocycles. The summed E-state index contributed by atoms with van der Waals surface area (Å²) in [4.78, 5) is 15.3. The minimum atomic E-state index is -0.321. The number of likely N-dealkylation sites (tertiary alicyclic amines) is 1. The minimum absolute atomic E-state index is 0.0616. The van der Waals surface area contributed by atoms with Crippen LogP contribution in [0.4, 0.5) is 4.79 Å². The van der Waals surface area contributed by atoms with Crippen LogP contribution in [0.15, 0.2) is 64.9 Å². The number of carbonyl (C=O) groups is 1. The highest BCUT2D eigenvalue weighted by atomic mass is 32.2. The molecule has 3 aromatic heterocycles. The molecule has 0 unspecified atom stereocenters. The van der Waals surface area contributed by atoms with Crippen molar-refractivity contribution in [2.45, 2.75) is 28.7 Å². The normalized spacial score (nSPS) is 15.5. The lowest BCUT2D eigenvalue weighted by Gasteiger charge is -2.31. The van der Waals surface area contributed by atoms with Crippen LogP contribution in [0.5, 0.6) is 0 Å². The van der Waals surface area contributed by atoms with Crippen molar-refractivity contribution >= 4 is 23.4 Å². The van der Waals surface area contributed by atoms with Crippen LogP contribution in [0.1, 0.15) is 30.0 Å². The van der Waals surface area contributed by atoms with Gasteiger partial charge in [0.1, 0.15) is 12.1 Å². The molecule has 1 aliphatic rings. The minimum Gasteiger partial charge on any atom is -0.453 e. The number of aromatic nitrogens is 4. The molecule has 0 spiro atoms. The Kier molecular flexibility index (Phi) is 6.13. The molecule has 1 aliphatic heterocycles. The molecule has 174 valence electrons. The quantitative estimate of drug-likeness (QED) is 0.420. The van der Waals surface area contributed by atoms with E-state index < -0.39 is 0 Å². The van der Waals surface area contributed by atoms with Crippen molar-refractivity contribution < 1.29 is 9.53 Å². The first-order chi connectivity index (χ1) is 17.1. The van der Waals surface area contributed by atoms with E-state index in [9.17, 15) is 15.3 Å². The van der Waals surface area contributed by atoms with Crippen LogP contribution in [0.2, 0.25) is 0 Å². The van der Waals surface area contributed by atoms with E-state index in [0.717, 1.165) is 33.8 Å². The molecule has 4 heterocycles. The second-order valence-electron chi connectivity index (χ2n) is 8.19. The summed E-state index contributed by atoms with van der Waals surface area (Å²) in [6.45, 7) is 1.23. The second-order valence-corrected chi connectivity index (χ2v) is 9.27. The van der Waals surface area contributed by atoms with Gasteiger partial charge >= 0.3 is 6.09 Å². The number of pyridine rings is 1. The van der Waals surface area contributed by atoms with Crippen molar-refractivity contribution in [2.75, 3.05) is 20.2 Å². The maximum Gasteiger partial charge on any atom is 0.409 e. The Labute approximate surface area is 206 Å². The molecule has 10 heteroatoms. The summed E-state index contributed by atoms with van der Waals surface area (Å²) in [7, 11) is 1.39. The molecule has 1 fully saturated rings. The Hall–Kier alpha value is -4.28. The third-order valence-corrected chi connectivity index (χ3v) is 7.17. The fourth-order valence-corrected chi connectivity index (χ4v) is 5.41. The van der Waals surface area contributed by atoms with Crippen molar-refractivity contribution in [1.82, 2.24) is 24.3 Å². The van der Waals surface area contributed by atoms with Crippen molar-refractivity contribution in [2.24, 2.45) is 0 Å². The van der Waals surface area contributed by atoms with Gasteiger partial charge in [-0.3, -0.25) is 4.68 Å².